The van der Waals surface area contributed by atoms with Crippen LogP contribution in [0.25, 0.3) is 16.0 Å². The predicted molar refractivity (Wildman–Crippen MR) is 128 cm³/mol. The Hall–Kier alpha value is -4.11. The Morgan fingerprint density at radius 3 is 2.34 bits per heavy atom. The second-order valence-electron chi connectivity index (χ2n) is 8.29. The Morgan fingerprint density at radius 1 is 0.971 bits per heavy atom. The van der Waals surface area contributed by atoms with Crippen LogP contribution in [0.1, 0.15) is 28.3 Å². The summed E-state index contributed by atoms with van der Waals surface area (Å²) in [7, 11) is 0. The summed E-state index contributed by atoms with van der Waals surface area (Å²) in [4.78, 5) is 31.9. The number of hydrogen-bond acceptors (Lipinski definition) is 6. The molecule has 3 aromatic carbocycles. The first-order valence-electron chi connectivity index (χ1n) is 10.6. The fraction of sp³-hybridized carbons (Fsp3) is 0.115. The van der Waals surface area contributed by atoms with Gasteiger partial charge in [0.15, 0.2) is 16.8 Å². The molecule has 0 bridgehead atoms. The molecule has 0 saturated carbocycles. The number of carbonyl (C=O) groups excluding carboxylic acids is 2. The zero-order valence-electron chi connectivity index (χ0n) is 18.5. The van der Waals surface area contributed by atoms with Gasteiger partial charge in [0.2, 0.25) is 0 Å². The minimum atomic E-state index is -1.08. The van der Waals surface area contributed by atoms with E-state index in [0.29, 0.717) is 15.8 Å². The molecule has 1 fully saturated rings. The quantitative estimate of drug-likeness (QED) is 0.223. The van der Waals surface area contributed by atoms with E-state index in [2.05, 4.69) is 4.98 Å². The number of nitrogens with zero attached hydrogens (tertiary/aromatic N) is 2. The standard InChI is InChI=1S/C26H18F2N2O4S/c1-12-3-4-15(9-13(12)2)23(32)21-22(14-5-7-16(31)8-6-14)30(25(34)24(21)33)26-29-19-10-17(27)18(28)11-20(19)35-26/h3-11,22,31-32H,1-2H3/b23-21+. The maximum atomic E-state index is 13.8. The second-order valence-corrected chi connectivity index (χ2v) is 9.30. The van der Waals surface area contributed by atoms with Crippen molar-refractivity contribution in [2.45, 2.75) is 19.9 Å². The van der Waals surface area contributed by atoms with E-state index in [0.717, 1.165) is 39.5 Å². The molecule has 1 unspecified atom stereocenters. The molecule has 176 valence electrons. The molecule has 2 N–H and O–H groups in total. The van der Waals surface area contributed by atoms with Crippen molar-refractivity contribution in [2.75, 3.05) is 4.90 Å². The molecule has 2 heterocycles. The van der Waals surface area contributed by atoms with Crippen molar-refractivity contribution in [3.05, 3.63) is 94.1 Å². The molecule has 0 aliphatic carbocycles. The van der Waals surface area contributed by atoms with Gasteiger partial charge in [0.25, 0.3) is 5.78 Å². The van der Waals surface area contributed by atoms with Crippen LogP contribution in [0.3, 0.4) is 0 Å². The van der Waals surface area contributed by atoms with E-state index in [1.807, 2.05) is 13.8 Å². The highest BCUT2D eigenvalue weighted by Crippen LogP contribution is 2.44. The van der Waals surface area contributed by atoms with E-state index in [1.165, 1.54) is 24.3 Å². The van der Waals surface area contributed by atoms with Gasteiger partial charge >= 0.3 is 5.91 Å². The minimum absolute atomic E-state index is 0.0224. The van der Waals surface area contributed by atoms with Crippen molar-refractivity contribution < 1.29 is 28.6 Å². The van der Waals surface area contributed by atoms with Crippen LogP contribution in [-0.4, -0.2) is 26.9 Å². The van der Waals surface area contributed by atoms with E-state index in [1.54, 1.807) is 18.2 Å². The fourth-order valence-corrected chi connectivity index (χ4v) is 5.06. The lowest BCUT2D eigenvalue weighted by Crippen LogP contribution is -2.29. The van der Waals surface area contributed by atoms with Crippen LogP contribution < -0.4 is 4.90 Å². The smallest absolute Gasteiger partial charge is 0.301 e. The normalized spacial score (nSPS) is 17.5. The summed E-state index contributed by atoms with van der Waals surface area (Å²) in [6.07, 6.45) is 0. The number of aliphatic hydroxyl groups excluding tert-OH is 1. The number of aliphatic hydroxyl groups is 1. The molecule has 6 nitrogen and oxygen atoms in total. The lowest BCUT2D eigenvalue weighted by Gasteiger charge is -2.23. The van der Waals surface area contributed by atoms with Crippen molar-refractivity contribution in [1.29, 1.82) is 0 Å². The molecule has 1 amide bonds. The van der Waals surface area contributed by atoms with Crippen molar-refractivity contribution in [2.24, 2.45) is 0 Å². The van der Waals surface area contributed by atoms with Crippen molar-refractivity contribution >= 4 is 44.1 Å². The number of phenolic OH excluding ortho intramolecular Hbond substituents is 1. The summed E-state index contributed by atoms with van der Waals surface area (Å²) in [5, 5.41) is 21.0. The summed E-state index contributed by atoms with van der Waals surface area (Å²) >= 11 is 0.920. The largest absolute Gasteiger partial charge is 0.508 e. The number of thiazole rings is 1. The molecule has 1 saturated heterocycles. The highest BCUT2D eigenvalue weighted by molar-refractivity contribution is 7.22. The third kappa shape index (κ3) is 3.74. The predicted octanol–water partition coefficient (Wildman–Crippen LogP) is 5.52. The van der Waals surface area contributed by atoms with E-state index in [4.69, 9.17) is 0 Å². The van der Waals surface area contributed by atoms with Crippen LogP contribution in [0.4, 0.5) is 13.9 Å². The van der Waals surface area contributed by atoms with Crippen molar-refractivity contribution in [3.8, 4) is 5.75 Å². The van der Waals surface area contributed by atoms with Gasteiger partial charge in [-0.05, 0) is 54.8 Å². The number of amides is 1. The van der Waals surface area contributed by atoms with Gasteiger partial charge in [-0.15, -0.1) is 0 Å². The van der Waals surface area contributed by atoms with Gasteiger partial charge < -0.3 is 10.2 Å². The van der Waals surface area contributed by atoms with Gasteiger partial charge in [-0.25, -0.2) is 13.8 Å². The first-order valence-corrected chi connectivity index (χ1v) is 11.4. The van der Waals surface area contributed by atoms with Crippen LogP contribution in [-0.2, 0) is 9.59 Å². The number of Topliss-reactive ketones (excluding diaryl/α,β-unsaturated/α-hetero) is 1. The van der Waals surface area contributed by atoms with Gasteiger partial charge in [0.1, 0.15) is 11.5 Å². The fourth-order valence-electron chi connectivity index (χ4n) is 4.06. The molecule has 1 aliphatic heterocycles. The van der Waals surface area contributed by atoms with Gasteiger partial charge in [-0.3, -0.25) is 14.5 Å². The number of rotatable bonds is 3. The molecular formula is C26H18F2N2O4S. The monoisotopic (exact) mass is 492 g/mol. The molecule has 9 heteroatoms. The third-order valence-corrected chi connectivity index (χ3v) is 7.08. The lowest BCUT2D eigenvalue weighted by molar-refractivity contribution is -0.132. The molecule has 0 radical (unpaired) electrons. The number of aryl methyl sites for hydroxylation is 2. The van der Waals surface area contributed by atoms with Crippen molar-refractivity contribution in [1.82, 2.24) is 4.98 Å². The number of benzene rings is 3. The Bertz CT molecular complexity index is 1520. The maximum Gasteiger partial charge on any atom is 0.301 e. The molecule has 1 aliphatic rings. The molecule has 35 heavy (non-hydrogen) atoms. The van der Waals surface area contributed by atoms with Crippen LogP contribution >= 0.6 is 11.3 Å². The number of hydrogen-bond donors (Lipinski definition) is 2. The summed E-state index contributed by atoms with van der Waals surface area (Å²) in [5.41, 5.74) is 2.66. The zero-order valence-corrected chi connectivity index (χ0v) is 19.4. The highest BCUT2D eigenvalue weighted by atomic mass is 32.1. The number of aromatic nitrogens is 1. The Balaban J connectivity index is 1.74. The molecule has 1 atom stereocenters. The SMILES string of the molecule is Cc1ccc(/C(O)=C2\C(=O)C(=O)N(c3nc4cc(F)c(F)cc4s3)C2c2ccc(O)cc2)cc1C. The highest BCUT2D eigenvalue weighted by Gasteiger charge is 2.48. The van der Waals surface area contributed by atoms with Crippen LogP contribution in [0.15, 0.2) is 60.2 Å². The topological polar surface area (TPSA) is 90.7 Å². The zero-order chi connectivity index (χ0) is 25.0. The van der Waals surface area contributed by atoms with Crippen molar-refractivity contribution in [3.63, 3.8) is 0 Å². The van der Waals surface area contributed by atoms with Crippen LogP contribution in [0.2, 0.25) is 0 Å². The summed E-state index contributed by atoms with van der Waals surface area (Å²) in [6, 6.07) is 11.8. The van der Waals surface area contributed by atoms with E-state index >= 15 is 0 Å². The summed E-state index contributed by atoms with van der Waals surface area (Å²) in [6.45, 7) is 3.77. The second kappa shape index (κ2) is 8.28. The molecular weight excluding hydrogens is 474 g/mol. The number of fused-ring (bicyclic) bond motifs is 1. The van der Waals surface area contributed by atoms with Crippen LogP contribution in [0.5, 0.6) is 5.75 Å². The summed E-state index contributed by atoms with van der Waals surface area (Å²) in [5.74, 6) is -4.37. The van der Waals surface area contributed by atoms with Gasteiger partial charge in [-0.2, -0.15) is 0 Å². The minimum Gasteiger partial charge on any atom is -0.508 e. The number of aromatic hydroxyl groups is 1. The number of carbonyl (C=O) groups is 2. The average molecular weight is 493 g/mol. The molecule has 4 aromatic rings. The Labute approximate surface area is 202 Å². The number of halogens is 2. The number of ketones is 1. The maximum absolute atomic E-state index is 13.8. The molecule has 1 aromatic heterocycles. The Morgan fingerprint density at radius 2 is 1.66 bits per heavy atom. The average Bonchev–Trinajstić information content (AvgIpc) is 3.33. The number of phenols is 1. The number of anilines is 1. The van der Waals surface area contributed by atoms with Crippen LogP contribution in [0, 0.1) is 25.5 Å². The molecule has 0 spiro atoms. The lowest BCUT2D eigenvalue weighted by atomic mass is 9.94. The van der Waals surface area contributed by atoms with Gasteiger partial charge in [-0.1, -0.05) is 35.6 Å². The van der Waals surface area contributed by atoms with E-state index < -0.39 is 29.4 Å². The molecule has 5 rings (SSSR count). The van der Waals surface area contributed by atoms with E-state index in [-0.39, 0.29) is 27.7 Å². The Kier molecular flexibility index (Phi) is 5.36. The first-order chi connectivity index (χ1) is 16.7. The van der Waals surface area contributed by atoms with Gasteiger partial charge in [0.05, 0.1) is 21.8 Å². The van der Waals surface area contributed by atoms with Gasteiger partial charge in [0, 0.05) is 11.6 Å². The first kappa shape index (κ1) is 22.7. The van der Waals surface area contributed by atoms with E-state index in [9.17, 15) is 28.6 Å². The third-order valence-electron chi connectivity index (χ3n) is 6.06. The summed E-state index contributed by atoms with van der Waals surface area (Å²) < 4.78 is 27.8.